The lowest BCUT2D eigenvalue weighted by molar-refractivity contribution is -0.117. The summed E-state index contributed by atoms with van der Waals surface area (Å²) in [5.41, 5.74) is 3.61. The maximum Gasteiger partial charge on any atom is 0.267 e. The van der Waals surface area contributed by atoms with Gasteiger partial charge in [0.1, 0.15) is 11.4 Å². The van der Waals surface area contributed by atoms with Gasteiger partial charge in [-0.05, 0) is 48.4 Å². The van der Waals surface area contributed by atoms with E-state index < -0.39 is 0 Å². The molecule has 0 unspecified atom stereocenters. The summed E-state index contributed by atoms with van der Waals surface area (Å²) in [5.74, 6) is -0.488. The van der Waals surface area contributed by atoms with Crippen molar-refractivity contribution in [3.63, 3.8) is 0 Å². The van der Waals surface area contributed by atoms with Crippen LogP contribution in [0.5, 0.6) is 0 Å². The van der Waals surface area contributed by atoms with Crippen LogP contribution >= 0.6 is 11.6 Å². The maximum atomic E-state index is 13.1. The Labute approximate surface area is 215 Å². The van der Waals surface area contributed by atoms with Gasteiger partial charge in [-0.3, -0.25) is 9.59 Å². The highest BCUT2D eigenvalue weighted by atomic mass is 35.5. The van der Waals surface area contributed by atoms with Crippen molar-refractivity contribution in [2.75, 3.05) is 6.54 Å². The third-order valence-electron chi connectivity index (χ3n) is 5.38. The molecule has 0 aliphatic carbocycles. The minimum atomic E-state index is -0.373. The number of hydrogen-bond acceptors (Lipinski definition) is 3. The van der Waals surface area contributed by atoms with Crippen LogP contribution in [0.25, 0.3) is 23.0 Å². The lowest BCUT2D eigenvalue weighted by Gasteiger charge is -2.12. The highest BCUT2D eigenvalue weighted by Gasteiger charge is 2.18. The van der Waals surface area contributed by atoms with Crippen molar-refractivity contribution < 1.29 is 9.59 Å². The summed E-state index contributed by atoms with van der Waals surface area (Å²) < 4.78 is 1.75. The van der Waals surface area contributed by atoms with Gasteiger partial charge < -0.3 is 10.6 Å². The van der Waals surface area contributed by atoms with Crippen molar-refractivity contribution >= 4 is 29.5 Å². The van der Waals surface area contributed by atoms with Gasteiger partial charge in [0.15, 0.2) is 0 Å². The number of amides is 2. The third-order valence-corrected chi connectivity index (χ3v) is 5.63. The summed E-state index contributed by atoms with van der Waals surface area (Å²) in [4.78, 5) is 26.1. The van der Waals surface area contributed by atoms with Crippen LogP contribution in [-0.2, 0) is 4.79 Å². The maximum absolute atomic E-state index is 13.1. The molecule has 0 aliphatic heterocycles. The fourth-order valence-electron chi connectivity index (χ4n) is 3.53. The summed E-state index contributed by atoms with van der Waals surface area (Å²) in [5, 5.41) is 11.1. The Hall–Kier alpha value is -4.16. The molecule has 6 nitrogen and oxygen atoms in total. The van der Waals surface area contributed by atoms with Crippen LogP contribution in [0.15, 0.2) is 96.8 Å². The lowest BCUT2D eigenvalue weighted by atomic mass is 10.1. The van der Waals surface area contributed by atoms with Gasteiger partial charge >= 0.3 is 0 Å². The van der Waals surface area contributed by atoms with Crippen LogP contribution in [0, 0.1) is 5.92 Å². The summed E-state index contributed by atoms with van der Waals surface area (Å²) in [6, 6.07) is 25.8. The molecule has 182 valence electrons. The molecule has 2 N–H and O–H groups in total. The molecular weight excluding hydrogens is 472 g/mol. The molecule has 0 bridgehead atoms. The molecule has 3 aromatic carbocycles. The van der Waals surface area contributed by atoms with Crippen LogP contribution in [0.2, 0.25) is 5.02 Å². The predicted molar refractivity (Wildman–Crippen MR) is 144 cm³/mol. The summed E-state index contributed by atoms with van der Waals surface area (Å²) in [6.45, 7) is 4.49. The Morgan fingerprint density at radius 3 is 2.22 bits per heavy atom. The molecule has 1 heterocycles. The fourth-order valence-corrected chi connectivity index (χ4v) is 3.65. The van der Waals surface area contributed by atoms with E-state index in [0.717, 1.165) is 11.3 Å². The quantitative estimate of drug-likeness (QED) is 0.304. The molecule has 0 fully saturated rings. The first-order valence-corrected chi connectivity index (χ1v) is 12.1. The number of benzene rings is 3. The van der Waals surface area contributed by atoms with Gasteiger partial charge in [0.2, 0.25) is 0 Å². The molecular formula is C29H27ClN4O2. The molecule has 0 spiro atoms. The van der Waals surface area contributed by atoms with Gasteiger partial charge in [0.05, 0.1) is 5.69 Å². The number of halogens is 1. The first-order valence-electron chi connectivity index (χ1n) is 11.7. The summed E-state index contributed by atoms with van der Waals surface area (Å²) in [7, 11) is 0. The van der Waals surface area contributed by atoms with E-state index in [1.54, 1.807) is 47.2 Å². The minimum absolute atomic E-state index is 0.132. The van der Waals surface area contributed by atoms with Crippen molar-refractivity contribution in [1.29, 1.82) is 0 Å². The Morgan fingerprint density at radius 1 is 0.944 bits per heavy atom. The molecule has 36 heavy (non-hydrogen) atoms. The second-order valence-corrected chi connectivity index (χ2v) is 9.14. The van der Waals surface area contributed by atoms with Crippen molar-refractivity contribution in [2.45, 2.75) is 13.8 Å². The third kappa shape index (κ3) is 6.29. The molecule has 2 amide bonds. The van der Waals surface area contributed by atoms with Crippen LogP contribution in [0.3, 0.4) is 0 Å². The van der Waals surface area contributed by atoms with Gasteiger partial charge in [0, 0.05) is 34.5 Å². The van der Waals surface area contributed by atoms with E-state index in [4.69, 9.17) is 16.7 Å². The van der Waals surface area contributed by atoms with Gasteiger partial charge in [-0.15, -0.1) is 0 Å². The zero-order valence-corrected chi connectivity index (χ0v) is 20.9. The molecule has 4 aromatic rings. The predicted octanol–water partition coefficient (Wildman–Crippen LogP) is 5.74. The normalized spacial score (nSPS) is 11.4. The summed E-state index contributed by atoms with van der Waals surface area (Å²) >= 11 is 6.10. The second-order valence-electron chi connectivity index (χ2n) is 8.70. The van der Waals surface area contributed by atoms with Gasteiger partial charge in [0.25, 0.3) is 11.8 Å². The SMILES string of the molecule is CC(C)CNC(=O)C(=Cc1cn(-c2ccccc2)nc1-c1ccc(Cl)cc1)NC(=O)c1ccccc1. The lowest BCUT2D eigenvalue weighted by Crippen LogP contribution is -2.36. The number of carbonyl (C=O) groups is 2. The van der Waals surface area contributed by atoms with Crippen molar-refractivity contribution in [3.05, 3.63) is 113 Å². The molecule has 1 aromatic heterocycles. The van der Waals surface area contributed by atoms with E-state index in [1.165, 1.54) is 0 Å². The van der Waals surface area contributed by atoms with Gasteiger partial charge in [-0.2, -0.15) is 5.10 Å². The Balaban J connectivity index is 1.78. The number of nitrogens with zero attached hydrogens (tertiary/aromatic N) is 2. The number of nitrogens with one attached hydrogen (secondary N) is 2. The minimum Gasteiger partial charge on any atom is -0.351 e. The number of aromatic nitrogens is 2. The molecule has 7 heteroatoms. The second kappa shape index (κ2) is 11.5. The number of carbonyl (C=O) groups excluding carboxylic acids is 2. The molecule has 4 rings (SSSR count). The number of para-hydroxylation sites is 1. The monoisotopic (exact) mass is 498 g/mol. The van der Waals surface area contributed by atoms with E-state index in [1.807, 2.05) is 68.6 Å². The Kier molecular flexibility index (Phi) is 7.98. The molecule has 0 saturated heterocycles. The highest BCUT2D eigenvalue weighted by molar-refractivity contribution is 6.30. The molecule has 0 aliphatic rings. The van der Waals surface area contributed by atoms with Crippen molar-refractivity contribution in [2.24, 2.45) is 5.92 Å². The fraction of sp³-hybridized carbons (Fsp3) is 0.138. The first-order chi connectivity index (χ1) is 17.4. The van der Waals surface area contributed by atoms with Gasteiger partial charge in [-0.1, -0.05) is 74.0 Å². The zero-order chi connectivity index (χ0) is 25.5. The molecule has 0 saturated carbocycles. The van der Waals surface area contributed by atoms with E-state index >= 15 is 0 Å². The number of hydrogen-bond donors (Lipinski definition) is 2. The summed E-state index contributed by atoms with van der Waals surface area (Å²) in [6.07, 6.45) is 3.50. The van der Waals surface area contributed by atoms with Crippen molar-refractivity contribution in [3.8, 4) is 16.9 Å². The average molecular weight is 499 g/mol. The number of rotatable bonds is 8. The largest absolute Gasteiger partial charge is 0.351 e. The smallest absolute Gasteiger partial charge is 0.267 e. The van der Waals surface area contributed by atoms with Crippen LogP contribution in [0.1, 0.15) is 29.8 Å². The van der Waals surface area contributed by atoms with Gasteiger partial charge in [-0.25, -0.2) is 4.68 Å². The zero-order valence-electron chi connectivity index (χ0n) is 20.1. The Bertz CT molecular complexity index is 1360. The molecule has 0 atom stereocenters. The standard InChI is InChI=1S/C29H27ClN4O2/c1-20(2)18-31-29(36)26(32-28(35)22-9-5-3-6-10-22)17-23-19-34(25-11-7-4-8-12-25)33-27(23)21-13-15-24(30)16-14-21/h3-17,19-20H,18H2,1-2H3,(H,31,36)(H,32,35). The van der Waals surface area contributed by atoms with E-state index in [0.29, 0.717) is 28.4 Å². The van der Waals surface area contributed by atoms with Crippen LogP contribution in [-0.4, -0.2) is 28.1 Å². The van der Waals surface area contributed by atoms with Crippen LogP contribution < -0.4 is 10.6 Å². The van der Waals surface area contributed by atoms with Crippen LogP contribution in [0.4, 0.5) is 0 Å². The van der Waals surface area contributed by atoms with Crippen molar-refractivity contribution in [1.82, 2.24) is 20.4 Å². The average Bonchev–Trinajstić information content (AvgIpc) is 3.32. The van der Waals surface area contributed by atoms with E-state index in [2.05, 4.69) is 10.6 Å². The van der Waals surface area contributed by atoms with E-state index in [-0.39, 0.29) is 23.4 Å². The first kappa shape index (κ1) is 24.9. The topological polar surface area (TPSA) is 76.0 Å². The van der Waals surface area contributed by atoms with E-state index in [9.17, 15) is 9.59 Å². The molecule has 0 radical (unpaired) electrons. The highest BCUT2D eigenvalue weighted by Crippen LogP contribution is 2.27. The Morgan fingerprint density at radius 2 is 1.58 bits per heavy atom.